The van der Waals surface area contributed by atoms with Crippen molar-refractivity contribution in [3.63, 3.8) is 0 Å². The Labute approximate surface area is 99.8 Å². The summed E-state index contributed by atoms with van der Waals surface area (Å²) in [7, 11) is 0. The Morgan fingerprint density at radius 1 is 0.875 bits per heavy atom. The first-order valence-electron chi connectivity index (χ1n) is 4.78. The van der Waals surface area contributed by atoms with Crippen molar-refractivity contribution in [3.8, 4) is 11.5 Å². The maximum absolute atomic E-state index is 8.79. The Morgan fingerprint density at radius 2 is 1.44 bits per heavy atom. The molecule has 0 aliphatic heterocycles. The molecule has 0 fully saturated rings. The minimum Gasteiger partial charge on any atom is -0.508 e. The summed E-state index contributed by atoms with van der Waals surface area (Å²) in [5.41, 5.74) is 1.17. The molecule has 0 radical (unpaired) electrons. The highest BCUT2D eigenvalue weighted by molar-refractivity contribution is 6.31. The summed E-state index contributed by atoms with van der Waals surface area (Å²) in [6.45, 7) is 1.99. The fourth-order valence-corrected chi connectivity index (χ4v) is 1.13. The van der Waals surface area contributed by atoms with Crippen LogP contribution in [0.15, 0.2) is 48.5 Å². The van der Waals surface area contributed by atoms with E-state index in [1.54, 1.807) is 36.4 Å². The second-order valence-electron chi connectivity index (χ2n) is 3.29. The van der Waals surface area contributed by atoms with E-state index in [2.05, 4.69) is 0 Å². The molecule has 2 aromatic rings. The highest BCUT2D eigenvalue weighted by atomic mass is 35.5. The van der Waals surface area contributed by atoms with Crippen LogP contribution >= 0.6 is 11.6 Å². The van der Waals surface area contributed by atoms with E-state index in [0.29, 0.717) is 10.8 Å². The molecule has 0 aliphatic carbocycles. The summed E-state index contributed by atoms with van der Waals surface area (Å²) in [6, 6.07) is 13.8. The van der Waals surface area contributed by atoms with E-state index >= 15 is 0 Å². The normalized spacial score (nSPS) is 9.12. The lowest BCUT2D eigenvalue weighted by molar-refractivity contribution is 0.475. The van der Waals surface area contributed by atoms with E-state index in [-0.39, 0.29) is 5.75 Å². The van der Waals surface area contributed by atoms with Gasteiger partial charge in [0.25, 0.3) is 0 Å². The van der Waals surface area contributed by atoms with Gasteiger partial charge >= 0.3 is 0 Å². The van der Waals surface area contributed by atoms with Crippen molar-refractivity contribution in [1.29, 1.82) is 0 Å². The van der Waals surface area contributed by atoms with Gasteiger partial charge in [-0.05, 0) is 31.2 Å². The summed E-state index contributed by atoms with van der Waals surface area (Å²) in [6.07, 6.45) is 0. The number of phenolic OH excluding ortho intramolecular Hbond substituents is 2. The van der Waals surface area contributed by atoms with Crippen LogP contribution in [0.4, 0.5) is 0 Å². The van der Waals surface area contributed by atoms with Gasteiger partial charge < -0.3 is 10.2 Å². The lowest BCUT2D eigenvalue weighted by atomic mass is 10.2. The van der Waals surface area contributed by atoms with E-state index in [9.17, 15) is 0 Å². The van der Waals surface area contributed by atoms with E-state index < -0.39 is 0 Å². The van der Waals surface area contributed by atoms with Gasteiger partial charge in [-0.25, -0.2) is 0 Å². The number of benzene rings is 2. The Bertz CT molecular complexity index is 396. The number of hydrogen-bond donors (Lipinski definition) is 2. The molecular formula is C13H13ClO2. The molecule has 0 saturated heterocycles. The molecule has 0 bridgehead atoms. The van der Waals surface area contributed by atoms with Crippen molar-refractivity contribution in [2.45, 2.75) is 6.92 Å². The van der Waals surface area contributed by atoms with Gasteiger partial charge in [0.15, 0.2) is 0 Å². The van der Waals surface area contributed by atoms with Crippen molar-refractivity contribution in [2.75, 3.05) is 0 Å². The third kappa shape index (κ3) is 4.24. The van der Waals surface area contributed by atoms with Crippen LogP contribution in [0.5, 0.6) is 11.5 Å². The molecule has 0 unspecified atom stereocenters. The van der Waals surface area contributed by atoms with Crippen LogP contribution in [0.25, 0.3) is 0 Å². The van der Waals surface area contributed by atoms with Gasteiger partial charge in [0.05, 0.1) is 5.02 Å². The summed E-state index contributed by atoms with van der Waals surface area (Å²) < 4.78 is 0. The standard InChI is InChI=1S/C7H8O.C6H5ClO/c1-6-2-4-7(8)5-3-6;7-5-3-1-2-4-6(5)8/h2-5,8H,1H3;1-4,8H. The van der Waals surface area contributed by atoms with Crippen LogP contribution in [0.3, 0.4) is 0 Å². The lowest BCUT2D eigenvalue weighted by Crippen LogP contribution is -1.66. The van der Waals surface area contributed by atoms with Crippen molar-refractivity contribution in [3.05, 3.63) is 59.1 Å². The van der Waals surface area contributed by atoms with Crippen LogP contribution in [-0.4, -0.2) is 10.2 Å². The average molecular weight is 237 g/mol. The molecule has 0 amide bonds. The third-order valence-electron chi connectivity index (χ3n) is 1.89. The number of aromatic hydroxyl groups is 2. The molecule has 84 valence electrons. The monoisotopic (exact) mass is 236 g/mol. The number of halogens is 1. The van der Waals surface area contributed by atoms with E-state index in [4.69, 9.17) is 21.8 Å². The fourth-order valence-electron chi connectivity index (χ4n) is 0.996. The number of rotatable bonds is 0. The predicted octanol–water partition coefficient (Wildman–Crippen LogP) is 3.75. The Morgan fingerprint density at radius 3 is 1.81 bits per heavy atom. The number of phenols is 2. The molecule has 2 N–H and O–H groups in total. The minimum atomic E-state index is 0.133. The Kier molecular flexibility index (Phi) is 4.67. The van der Waals surface area contributed by atoms with Crippen LogP contribution in [0.1, 0.15) is 5.56 Å². The van der Waals surface area contributed by atoms with Gasteiger partial charge in [-0.15, -0.1) is 0 Å². The molecule has 2 aromatic carbocycles. The first-order valence-corrected chi connectivity index (χ1v) is 5.16. The maximum Gasteiger partial charge on any atom is 0.134 e. The number of hydrogen-bond acceptors (Lipinski definition) is 2. The second-order valence-corrected chi connectivity index (χ2v) is 3.69. The SMILES string of the molecule is Cc1ccc(O)cc1.Oc1ccccc1Cl. The quantitative estimate of drug-likeness (QED) is 0.732. The van der Waals surface area contributed by atoms with Gasteiger partial charge in [-0.1, -0.05) is 41.4 Å². The van der Waals surface area contributed by atoms with Crippen LogP contribution < -0.4 is 0 Å². The molecule has 2 rings (SSSR count). The molecule has 0 aromatic heterocycles. The van der Waals surface area contributed by atoms with Crippen molar-refractivity contribution in [1.82, 2.24) is 0 Å². The van der Waals surface area contributed by atoms with Crippen LogP contribution in [-0.2, 0) is 0 Å². The first-order chi connectivity index (χ1) is 7.59. The van der Waals surface area contributed by atoms with Crippen molar-refractivity contribution < 1.29 is 10.2 Å². The first kappa shape index (κ1) is 12.4. The molecule has 3 heteroatoms. The highest BCUT2D eigenvalue weighted by Gasteiger charge is 1.89. The zero-order valence-electron chi connectivity index (χ0n) is 8.89. The number of para-hydroxylation sites is 1. The van der Waals surface area contributed by atoms with Gasteiger partial charge in [-0.3, -0.25) is 0 Å². The lowest BCUT2D eigenvalue weighted by Gasteiger charge is -1.89. The summed E-state index contributed by atoms with van der Waals surface area (Å²) in [5, 5.41) is 17.9. The minimum absolute atomic E-state index is 0.133. The largest absolute Gasteiger partial charge is 0.508 e. The zero-order valence-corrected chi connectivity index (χ0v) is 9.65. The van der Waals surface area contributed by atoms with Gasteiger partial charge in [0.1, 0.15) is 11.5 Å². The van der Waals surface area contributed by atoms with E-state index in [1.165, 1.54) is 5.56 Å². The molecule has 16 heavy (non-hydrogen) atoms. The van der Waals surface area contributed by atoms with Gasteiger partial charge in [0.2, 0.25) is 0 Å². The summed E-state index contributed by atoms with van der Waals surface area (Å²) >= 11 is 5.46. The predicted molar refractivity (Wildman–Crippen MR) is 66.0 cm³/mol. The van der Waals surface area contributed by atoms with Crippen molar-refractivity contribution in [2.24, 2.45) is 0 Å². The highest BCUT2D eigenvalue weighted by Crippen LogP contribution is 2.20. The molecule has 0 aliphatic rings. The third-order valence-corrected chi connectivity index (χ3v) is 2.21. The molecule has 0 atom stereocenters. The van der Waals surface area contributed by atoms with E-state index in [1.807, 2.05) is 19.1 Å². The maximum atomic E-state index is 8.79. The molecule has 0 saturated carbocycles. The van der Waals surface area contributed by atoms with Crippen molar-refractivity contribution >= 4 is 11.6 Å². The molecule has 2 nitrogen and oxygen atoms in total. The Hall–Kier alpha value is -1.67. The molecule has 0 spiro atoms. The molecular weight excluding hydrogens is 224 g/mol. The van der Waals surface area contributed by atoms with Crippen LogP contribution in [0.2, 0.25) is 5.02 Å². The van der Waals surface area contributed by atoms with E-state index in [0.717, 1.165) is 0 Å². The van der Waals surface area contributed by atoms with Crippen LogP contribution in [0, 0.1) is 6.92 Å². The average Bonchev–Trinajstić information content (AvgIpc) is 2.28. The molecule has 0 heterocycles. The number of aryl methyl sites for hydroxylation is 1. The summed E-state index contributed by atoms with van der Waals surface area (Å²) in [4.78, 5) is 0. The zero-order chi connectivity index (χ0) is 12.0. The summed E-state index contributed by atoms with van der Waals surface area (Å²) in [5.74, 6) is 0.463. The second kappa shape index (κ2) is 6.03. The fraction of sp³-hybridized carbons (Fsp3) is 0.0769. The van der Waals surface area contributed by atoms with Gasteiger partial charge in [-0.2, -0.15) is 0 Å². The topological polar surface area (TPSA) is 40.5 Å². The van der Waals surface area contributed by atoms with Gasteiger partial charge in [0, 0.05) is 0 Å². The smallest absolute Gasteiger partial charge is 0.134 e. The Balaban J connectivity index is 0.000000160.